The molecular formula is C14H15BrOS. The molecule has 1 nitrogen and oxygen atoms in total. The molecule has 0 spiro atoms. The first-order valence-electron chi connectivity index (χ1n) is 5.50. The Bertz CT molecular complexity index is 525. The summed E-state index contributed by atoms with van der Waals surface area (Å²) in [5.41, 5.74) is 4.30. The van der Waals surface area contributed by atoms with E-state index in [2.05, 4.69) is 15.9 Å². The number of rotatable bonds is 2. The van der Waals surface area contributed by atoms with Crippen molar-refractivity contribution in [3.8, 4) is 0 Å². The number of thiophene rings is 1. The van der Waals surface area contributed by atoms with Crippen molar-refractivity contribution >= 4 is 27.3 Å². The quantitative estimate of drug-likeness (QED) is 0.864. The van der Waals surface area contributed by atoms with Gasteiger partial charge in [-0.05, 0) is 65.0 Å². The zero-order valence-electron chi connectivity index (χ0n) is 10.1. The molecule has 0 amide bonds. The highest BCUT2D eigenvalue weighted by molar-refractivity contribution is 9.11. The second-order valence-electron chi connectivity index (χ2n) is 4.27. The van der Waals surface area contributed by atoms with Gasteiger partial charge in [-0.15, -0.1) is 11.3 Å². The maximum Gasteiger partial charge on any atom is 0.106 e. The van der Waals surface area contributed by atoms with Gasteiger partial charge in [-0.3, -0.25) is 0 Å². The maximum absolute atomic E-state index is 10.5. The number of benzene rings is 1. The molecule has 1 N–H and O–H groups in total. The van der Waals surface area contributed by atoms with E-state index in [1.807, 2.05) is 45.0 Å². The van der Waals surface area contributed by atoms with Crippen LogP contribution in [0.1, 0.15) is 33.2 Å². The maximum atomic E-state index is 10.5. The van der Waals surface area contributed by atoms with Gasteiger partial charge in [0.05, 0.1) is 3.79 Å². The van der Waals surface area contributed by atoms with Gasteiger partial charge in [0.2, 0.25) is 0 Å². The summed E-state index contributed by atoms with van der Waals surface area (Å²) >= 11 is 5.13. The second kappa shape index (κ2) is 4.92. The highest BCUT2D eigenvalue weighted by Crippen LogP contribution is 2.35. The standard InChI is InChI=1S/C14H15BrOS/c1-8-5-4-6-9(2)13(8)14(16)11-7-12(15)17-10(11)3/h4-7,14,16H,1-3H3. The van der Waals surface area contributed by atoms with Gasteiger partial charge in [0.1, 0.15) is 6.10 Å². The largest absolute Gasteiger partial charge is 0.384 e. The molecule has 0 bridgehead atoms. The van der Waals surface area contributed by atoms with Gasteiger partial charge in [0, 0.05) is 4.88 Å². The fourth-order valence-corrected chi connectivity index (χ4v) is 3.89. The molecule has 0 saturated heterocycles. The molecule has 1 heterocycles. The average molecular weight is 311 g/mol. The van der Waals surface area contributed by atoms with Crippen molar-refractivity contribution < 1.29 is 5.11 Å². The molecule has 0 fully saturated rings. The average Bonchev–Trinajstić information content (AvgIpc) is 2.57. The van der Waals surface area contributed by atoms with E-state index in [0.29, 0.717) is 0 Å². The van der Waals surface area contributed by atoms with Crippen molar-refractivity contribution in [1.29, 1.82) is 0 Å². The van der Waals surface area contributed by atoms with E-state index < -0.39 is 6.10 Å². The molecule has 90 valence electrons. The summed E-state index contributed by atoms with van der Waals surface area (Å²) in [4.78, 5) is 1.16. The third kappa shape index (κ3) is 2.46. The third-order valence-electron chi connectivity index (χ3n) is 3.04. The fourth-order valence-electron chi connectivity index (χ4n) is 2.14. The normalized spacial score (nSPS) is 12.8. The van der Waals surface area contributed by atoms with E-state index in [-0.39, 0.29) is 0 Å². The SMILES string of the molecule is Cc1cccc(C)c1C(O)c1cc(Br)sc1C. The Balaban J connectivity index is 2.51. The Morgan fingerprint density at radius 2 is 1.76 bits per heavy atom. The van der Waals surface area contributed by atoms with Crippen LogP contribution in [0.25, 0.3) is 0 Å². The molecule has 0 radical (unpaired) electrons. The summed E-state index contributed by atoms with van der Waals surface area (Å²) in [6, 6.07) is 8.12. The first kappa shape index (κ1) is 12.8. The molecule has 2 rings (SSSR count). The summed E-state index contributed by atoms with van der Waals surface area (Å²) in [6.07, 6.45) is -0.529. The molecule has 1 atom stereocenters. The molecule has 1 aromatic heterocycles. The van der Waals surface area contributed by atoms with Gasteiger partial charge in [0.25, 0.3) is 0 Å². The van der Waals surface area contributed by atoms with Crippen molar-refractivity contribution in [3.05, 3.63) is 55.2 Å². The van der Waals surface area contributed by atoms with Crippen LogP contribution in [-0.2, 0) is 0 Å². The molecule has 3 heteroatoms. The monoisotopic (exact) mass is 310 g/mol. The number of aryl methyl sites for hydroxylation is 3. The predicted octanol–water partition coefficient (Wildman–Crippen LogP) is 4.52. The van der Waals surface area contributed by atoms with Crippen LogP contribution >= 0.6 is 27.3 Å². The molecule has 0 aliphatic rings. The summed E-state index contributed by atoms with van der Waals surface area (Å²) in [7, 11) is 0. The van der Waals surface area contributed by atoms with Gasteiger partial charge in [-0.1, -0.05) is 18.2 Å². The summed E-state index contributed by atoms with van der Waals surface area (Å²) in [6.45, 7) is 6.13. The Morgan fingerprint density at radius 1 is 1.18 bits per heavy atom. The van der Waals surface area contributed by atoms with Crippen molar-refractivity contribution in [1.82, 2.24) is 0 Å². The predicted molar refractivity (Wildman–Crippen MR) is 76.7 cm³/mol. The van der Waals surface area contributed by atoms with E-state index in [4.69, 9.17) is 0 Å². The Morgan fingerprint density at radius 3 is 2.24 bits per heavy atom. The smallest absolute Gasteiger partial charge is 0.106 e. The minimum absolute atomic E-state index is 0.529. The Labute approximate surface area is 114 Å². The number of hydrogen-bond acceptors (Lipinski definition) is 2. The third-order valence-corrected chi connectivity index (χ3v) is 4.61. The van der Waals surface area contributed by atoms with E-state index in [1.165, 1.54) is 0 Å². The second-order valence-corrected chi connectivity index (χ2v) is 6.91. The van der Waals surface area contributed by atoms with Crippen LogP contribution in [0, 0.1) is 20.8 Å². The molecule has 1 aromatic carbocycles. The zero-order chi connectivity index (χ0) is 12.6. The first-order chi connectivity index (χ1) is 8.00. The number of aliphatic hydroxyl groups excluding tert-OH is 1. The number of aliphatic hydroxyl groups is 1. The minimum Gasteiger partial charge on any atom is -0.384 e. The van der Waals surface area contributed by atoms with Gasteiger partial charge >= 0.3 is 0 Å². The van der Waals surface area contributed by atoms with Gasteiger partial charge < -0.3 is 5.11 Å². The van der Waals surface area contributed by atoms with E-state index in [9.17, 15) is 5.11 Å². The molecule has 17 heavy (non-hydrogen) atoms. The molecule has 1 unspecified atom stereocenters. The van der Waals surface area contributed by atoms with E-state index in [0.717, 1.165) is 30.9 Å². The number of hydrogen-bond donors (Lipinski definition) is 1. The van der Waals surface area contributed by atoms with Crippen molar-refractivity contribution in [2.45, 2.75) is 26.9 Å². The van der Waals surface area contributed by atoms with Crippen molar-refractivity contribution in [3.63, 3.8) is 0 Å². The van der Waals surface area contributed by atoms with Crippen LogP contribution in [0.3, 0.4) is 0 Å². The lowest BCUT2D eigenvalue weighted by atomic mass is 9.94. The Kier molecular flexibility index (Phi) is 3.71. The molecular weight excluding hydrogens is 296 g/mol. The van der Waals surface area contributed by atoms with Gasteiger partial charge in [-0.2, -0.15) is 0 Å². The van der Waals surface area contributed by atoms with Crippen LogP contribution in [0.15, 0.2) is 28.1 Å². The zero-order valence-corrected chi connectivity index (χ0v) is 12.5. The topological polar surface area (TPSA) is 20.2 Å². The lowest BCUT2D eigenvalue weighted by Crippen LogP contribution is -2.04. The summed E-state index contributed by atoms with van der Waals surface area (Å²) in [5.74, 6) is 0. The fraction of sp³-hybridized carbons (Fsp3) is 0.286. The molecule has 0 aliphatic heterocycles. The lowest BCUT2D eigenvalue weighted by Gasteiger charge is -2.16. The van der Waals surface area contributed by atoms with Crippen molar-refractivity contribution in [2.24, 2.45) is 0 Å². The van der Waals surface area contributed by atoms with Gasteiger partial charge in [-0.25, -0.2) is 0 Å². The molecule has 0 aliphatic carbocycles. The van der Waals surface area contributed by atoms with Gasteiger partial charge in [0.15, 0.2) is 0 Å². The van der Waals surface area contributed by atoms with Crippen molar-refractivity contribution in [2.75, 3.05) is 0 Å². The molecule has 2 aromatic rings. The lowest BCUT2D eigenvalue weighted by molar-refractivity contribution is 0.218. The van der Waals surface area contributed by atoms with Crippen LogP contribution in [0.5, 0.6) is 0 Å². The first-order valence-corrected chi connectivity index (χ1v) is 7.11. The minimum atomic E-state index is -0.529. The number of halogens is 1. The van der Waals surface area contributed by atoms with Crippen LogP contribution < -0.4 is 0 Å². The highest BCUT2D eigenvalue weighted by Gasteiger charge is 2.18. The highest BCUT2D eigenvalue weighted by atomic mass is 79.9. The summed E-state index contributed by atoms with van der Waals surface area (Å²) < 4.78 is 1.07. The Hall–Kier alpha value is -0.640. The van der Waals surface area contributed by atoms with E-state index in [1.54, 1.807) is 11.3 Å². The molecule has 0 saturated carbocycles. The van der Waals surface area contributed by atoms with E-state index >= 15 is 0 Å². The van der Waals surface area contributed by atoms with Crippen LogP contribution in [-0.4, -0.2) is 5.11 Å². The van der Waals surface area contributed by atoms with Crippen LogP contribution in [0.4, 0.5) is 0 Å². The van der Waals surface area contributed by atoms with Crippen LogP contribution in [0.2, 0.25) is 0 Å². The summed E-state index contributed by atoms with van der Waals surface area (Å²) in [5, 5.41) is 10.5.